The Kier molecular flexibility index (Phi) is 11.9. The van der Waals surface area contributed by atoms with Crippen LogP contribution in [0.2, 0.25) is 0 Å². The van der Waals surface area contributed by atoms with Crippen molar-refractivity contribution in [3.8, 4) is 0 Å². The van der Waals surface area contributed by atoms with Gasteiger partial charge < -0.3 is 5.48 Å². The van der Waals surface area contributed by atoms with Crippen LogP contribution in [-0.2, 0) is 23.5 Å². The van der Waals surface area contributed by atoms with Crippen molar-refractivity contribution in [3.63, 3.8) is 0 Å². The second-order valence-corrected chi connectivity index (χ2v) is 3.67. The van der Waals surface area contributed by atoms with Crippen LogP contribution >= 0.6 is 0 Å². The molecular formula is H3NaO5W. The minimum atomic E-state index is -5.67. The van der Waals surface area contributed by atoms with E-state index in [0.717, 1.165) is 0 Å². The molecule has 0 unspecified atom stereocenters. The molecule has 40 valence electrons. The van der Waals surface area contributed by atoms with Gasteiger partial charge >= 0.3 is 60.6 Å². The molecule has 0 spiro atoms. The first-order valence-electron chi connectivity index (χ1n) is 0.698. The minimum absolute atomic E-state index is 0. The monoisotopic (exact) mass is 290 g/mol. The summed E-state index contributed by atoms with van der Waals surface area (Å²) in [5.41, 5.74) is 0. The summed E-state index contributed by atoms with van der Waals surface area (Å²) in [5, 5.41) is 0. The van der Waals surface area contributed by atoms with E-state index in [-0.39, 0.29) is 35.0 Å². The molecule has 7 heteroatoms. The van der Waals surface area contributed by atoms with E-state index in [2.05, 4.69) is 0 Å². The molecule has 0 amide bonds. The molecule has 0 aliphatic heterocycles. The van der Waals surface area contributed by atoms with E-state index in [4.69, 9.17) is 14.3 Å². The van der Waals surface area contributed by atoms with Crippen molar-refractivity contribution in [3.05, 3.63) is 0 Å². The van der Waals surface area contributed by atoms with Crippen molar-refractivity contribution in [2.45, 2.75) is 0 Å². The first-order chi connectivity index (χ1) is 2.00. The molecule has 0 atom stereocenters. The Bertz CT molecular complexity index is 91.2. The first kappa shape index (κ1) is 15.7. The van der Waals surface area contributed by atoms with Crippen LogP contribution in [0, 0.1) is 0 Å². The van der Waals surface area contributed by atoms with Gasteiger partial charge in [0.25, 0.3) is 0 Å². The van der Waals surface area contributed by atoms with Gasteiger partial charge in [-0.2, -0.15) is 0 Å². The molecule has 0 aromatic heterocycles. The third kappa shape index (κ3) is 140. The van der Waals surface area contributed by atoms with E-state index >= 15 is 0 Å². The summed E-state index contributed by atoms with van der Waals surface area (Å²) in [6.07, 6.45) is 0. The molecule has 0 aromatic carbocycles. The van der Waals surface area contributed by atoms with Gasteiger partial charge in [-0.05, 0) is 0 Å². The average Bonchev–Trinajstić information content (AvgIpc) is 0.722. The van der Waals surface area contributed by atoms with Crippen LogP contribution in [0.1, 0.15) is 0 Å². The Morgan fingerprint density at radius 1 is 1.14 bits per heavy atom. The summed E-state index contributed by atoms with van der Waals surface area (Å²) >= 11 is -5.67. The fourth-order valence-corrected chi connectivity index (χ4v) is 0. The van der Waals surface area contributed by atoms with E-state index in [1.54, 1.807) is 0 Å². The zero-order valence-electron chi connectivity index (χ0n) is 3.57. The molecule has 0 aromatic rings. The summed E-state index contributed by atoms with van der Waals surface area (Å²) in [7, 11) is 0. The van der Waals surface area contributed by atoms with Crippen molar-refractivity contribution >= 4 is 0 Å². The molecule has 0 aliphatic rings. The number of hydrogen-bond donors (Lipinski definition) is 2. The Hall–Kier alpha value is 1.17. The van der Waals surface area contributed by atoms with Gasteiger partial charge in [0.05, 0.1) is 0 Å². The molecule has 7 heavy (non-hydrogen) atoms. The van der Waals surface area contributed by atoms with E-state index in [9.17, 15) is 0 Å². The molecule has 3 N–H and O–H groups in total. The van der Waals surface area contributed by atoms with Crippen LogP contribution in [0.3, 0.4) is 0 Å². The van der Waals surface area contributed by atoms with Crippen molar-refractivity contribution < 1.29 is 66.1 Å². The maximum absolute atomic E-state index is 8.87. The summed E-state index contributed by atoms with van der Waals surface area (Å²) in [6.45, 7) is 0. The summed E-state index contributed by atoms with van der Waals surface area (Å²) < 4.78 is 32.1. The molecule has 0 radical (unpaired) electrons. The zero-order chi connectivity index (χ0) is 4.50. The molecular weight excluding hydrogens is 287 g/mol. The zero-order valence-corrected chi connectivity index (χ0v) is 8.50. The van der Waals surface area contributed by atoms with Gasteiger partial charge in [0.2, 0.25) is 0 Å². The van der Waals surface area contributed by atoms with E-state index in [1.165, 1.54) is 0 Å². The topological polar surface area (TPSA) is 105 Å². The Morgan fingerprint density at radius 2 is 1.14 bits per heavy atom. The normalized spacial score (nSPS) is 8.29. The summed E-state index contributed by atoms with van der Waals surface area (Å²) in [4.78, 5) is 0. The van der Waals surface area contributed by atoms with Crippen LogP contribution in [0.25, 0.3) is 0 Å². The first-order valence-corrected chi connectivity index (χ1v) is 5.72. The Balaban J connectivity index is -0.0000000800. The van der Waals surface area contributed by atoms with E-state index < -0.39 is 16.7 Å². The van der Waals surface area contributed by atoms with Crippen LogP contribution in [0.15, 0.2) is 0 Å². The molecule has 0 saturated heterocycles. The molecule has 0 heterocycles. The summed E-state index contributed by atoms with van der Waals surface area (Å²) in [6, 6.07) is 0. The Labute approximate surface area is 65.7 Å². The number of hydrogen-bond acceptors (Lipinski definition) is 3. The predicted molar refractivity (Wildman–Crippen MR) is 7.75 cm³/mol. The van der Waals surface area contributed by atoms with Crippen molar-refractivity contribution in [2.24, 2.45) is 0 Å². The standard InChI is InChI=1S/Na.3H2O.2O.W/h;3*1H2;;;/q+1;;;;;;+2/p-3. The molecule has 5 nitrogen and oxygen atoms in total. The fourth-order valence-electron chi connectivity index (χ4n) is 0. The fraction of sp³-hybridized carbons (Fsp3) is 0. The van der Waals surface area contributed by atoms with Gasteiger partial charge in [0.1, 0.15) is 0 Å². The van der Waals surface area contributed by atoms with Gasteiger partial charge in [0, 0.05) is 0 Å². The number of rotatable bonds is 0. The van der Waals surface area contributed by atoms with Crippen LogP contribution < -0.4 is 29.6 Å². The molecule has 0 aliphatic carbocycles. The summed E-state index contributed by atoms with van der Waals surface area (Å²) in [5.74, 6) is 0. The van der Waals surface area contributed by atoms with Crippen LogP contribution in [0.4, 0.5) is 0 Å². The average molecular weight is 290 g/mol. The van der Waals surface area contributed by atoms with Gasteiger partial charge in [-0.25, -0.2) is 0 Å². The molecule has 0 fully saturated rings. The Morgan fingerprint density at radius 3 is 1.14 bits per heavy atom. The quantitative estimate of drug-likeness (QED) is 0.437. The van der Waals surface area contributed by atoms with Crippen LogP contribution in [0.5, 0.6) is 0 Å². The van der Waals surface area contributed by atoms with Crippen LogP contribution in [-0.4, -0.2) is 13.0 Å². The molecule has 0 saturated carbocycles. The molecule has 0 bridgehead atoms. The van der Waals surface area contributed by atoms with Gasteiger partial charge in [-0.1, -0.05) is 0 Å². The van der Waals surface area contributed by atoms with Crippen molar-refractivity contribution in [1.82, 2.24) is 0 Å². The molecule has 0 rings (SSSR count). The third-order valence-electron chi connectivity index (χ3n) is 0. The maximum atomic E-state index is 8.87. The van der Waals surface area contributed by atoms with Gasteiger partial charge in [-0.3, -0.25) is 0 Å². The third-order valence-corrected chi connectivity index (χ3v) is 0. The van der Waals surface area contributed by atoms with Gasteiger partial charge in [0.15, 0.2) is 0 Å². The predicted octanol–water partition coefficient (Wildman–Crippen LogP) is -4.53. The van der Waals surface area contributed by atoms with E-state index in [0.29, 0.717) is 0 Å². The second-order valence-electron chi connectivity index (χ2n) is 0.448. The van der Waals surface area contributed by atoms with Crippen molar-refractivity contribution in [2.75, 3.05) is 0 Å². The van der Waals surface area contributed by atoms with Gasteiger partial charge in [-0.15, -0.1) is 0 Å². The van der Waals surface area contributed by atoms with Crippen molar-refractivity contribution in [1.29, 1.82) is 0 Å². The second kappa shape index (κ2) is 5.31. The SMILES string of the molecule is [Na+].[OH-].[O]=[W](=[O])([OH])[OH]. The van der Waals surface area contributed by atoms with E-state index in [1.807, 2.05) is 0 Å².